The highest BCUT2D eigenvalue weighted by molar-refractivity contribution is 5.78. The predicted octanol–water partition coefficient (Wildman–Crippen LogP) is 12.0. The number of aryl methyl sites for hydroxylation is 3. The van der Waals surface area contributed by atoms with Crippen LogP contribution in [0.25, 0.3) is 24.3 Å². The zero-order chi connectivity index (χ0) is 31.0. The molecule has 0 aliphatic carbocycles. The molecule has 0 amide bonds. The average molecular weight is 582 g/mol. The third-order valence-electron chi connectivity index (χ3n) is 8.12. The zero-order valence-electron chi connectivity index (χ0n) is 26.3. The summed E-state index contributed by atoms with van der Waals surface area (Å²) in [7, 11) is 0. The molecular weight excluding hydrogens is 542 g/mol. The fraction of sp³-hybridized carbons (Fsp3) is 0.0909. The van der Waals surface area contributed by atoms with Gasteiger partial charge in [0.05, 0.1) is 0 Å². The Kier molecular flexibility index (Phi) is 9.18. The van der Waals surface area contributed by atoms with E-state index in [1.54, 1.807) is 0 Å². The van der Waals surface area contributed by atoms with Crippen molar-refractivity contribution in [1.29, 1.82) is 0 Å². The van der Waals surface area contributed by atoms with Crippen molar-refractivity contribution in [1.82, 2.24) is 0 Å². The van der Waals surface area contributed by atoms with Crippen LogP contribution >= 0.6 is 0 Å². The molecule has 0 unspecified atom stereocenters. The molecule has 0 saturated heterocycles. The summed E-state index contributed by atoms with van der Waals surface area (Å²) in [5, 5.41) is 0. The van der Waals surface area contributed by atoms with Crippen LogP contribution in [-0.2, 0) is 6.42 Å². The van der Waals surface area contributed by atoms with E-state index < -0.39 is 0 Å². The average Bonchev–Trinajstić information content (AvgIpc) is 3.07. The standard InChI is InChI=1S/C44H39N/c1-33-4-10-40(11-5-33)32-41-22-20-38(21-23-41)17-16-36-12-14-37(15-13-36)18-19-39-24-30-44(31-25-39)45(42-26-6-34(2)7-27-42)43-28-8-35(3)9-29-43/h4-31H,32H2,1-3H3/b17-16+,19-18+. The first-order chi connectivity index (χ1) is 22.0. The van der Waals surface area contributed by atoms with Crippen molar-refractivity contribution in [3.63, 3.8) is 0 Å². The Morgan fingerprint density at radius 1 is 0.333 bits per heavy atom. The predicted molar refractivity (Wildman–Crippen MR) is 195 cm³/mol. The van der Waals surface area contributed by atoms with E-state index in [0.29, 0.717) is 0 Å². The quantitative estimate of drug-likeness (QED) is 0.154. The molecule has 0 aliphatic rings. The lowest BCUT2D eigenvalue weighted by molar-refractivity contribution is 1.19. The third-order valence-corrected chi connectivity index (χ3v) is 8.12. The Labute approximate surface area is 268 Å². The topological polar surface area (TPSA) is 3.24 Å². The molecule has 1 heteroatoms. The molecule has 6 aromatic carbocycles. The number of hydrogen-bond donors (Lipinski definition) is 0. The maximum Gasteiger partial charge on any atom is 0.0462 e. The van der Waals surface area contributed by atoms with E-state index in [0.717, 1.165) is 23.5 Å². The first-order valence-corrected chi connectivity index (χ1v) is 15.6. The maximum atomic E-state index is 2.30. The molecule has 0 fully saturated rings. The molecule has 1 nitrogen and oxygen atoms in total. The van der Waals surface area contributed by atoms with Gasteiger partial charge in [-0.1, -0.05) is 150 Å². The minimum absolute atomic E-state index is 0.961. The van der Waals surface area contributed by atoms with Gasteiger partial charge in [-0.15, -0.1) is 0 Å². The van der Waals surface area contributed by atoms with E-state index in [-0.39, 0.29) is 0 Å². The second-order valence-corrected chi connectivity index (χ2v) is 11.8. The van der Waals surface area contributed by atoms with Crippen LogP contribution < -0.4 is 4.90 Å². The molecule has 0 aliphatic heterocycles. The number of benzene rings is 6. The monoisotopic (exact) mass is 581 g/mol. The largest absolute Gasteiger partial charge is 0.311 e. The number of anilines is 3. The molecule has 0 bridgehead atoms. The minimum atomic E-state index is 0.961. The van der Waals surface area contributed by atoms with Gasteiger partial charge in [-0.25, -0.2) is 0 Å². The molecule has 0 aromatic heterocycles. The smallest absolute Gasteiger partial charge is 0.0462 e. The second kappa shape index (κ2) is 13.9. The molecule has 0 heterocycles. The van der Waals surface area contributed by atoms with Gasteiger partial charge in [-0.2, -0.15) is 0 Å². The maximum absolute atomic E-state index is 2.30. The van der Waals surface area contributed by atoms with E-state index in [1.807, 2.05) is 0 Å². The lowest BCUT2D eigenvalue weighted by Gasteiger charge is -2.25. The van der Waals surface area contributed by atoms with Gasteiger partial charge in [-0.05, 0) is 97.0 Å². The Morgan fingerprint density at radius 3 is 0.933 bits per heavy atom. The van der Waals surface area contributed by atoms with Crippen LogP contribution in [0.1, 0.15) is 50.1 Å². The first-order valence-electron chi connectivity index (χ1n) is 15.6. The molecule has 0 saturated carbocycles. The summed E-state index contributed by atoms with van der Waals surface area (Å²) < 4.78 is 0. The molecule has 0 atom stereocenters. The number of nitrogens with zero attached hydrogens (tertiary/aromatic N) is 1. The molecule has 6 aromatic rings. The van der Waals surface area contributed by atoms with Crippen LogP contribution in [0, 0.1) is 20.8 Å². The van der Waals surface area contributed by atoms with E-state index in [9.17, 15) is 0 Å². The lowest BCUT2D eigenvalue weighted by atomic mass is 10.0. The van der Waals surface area contributed by atoms with Crippen LogP contribution in [0.4, 0.5) is 17.1 Å². The molecular formula is C44H39N. The Balaban J connectivity index is 1.09. The molecule has 0 spiro atoms. The third kappa shape index (κ3) is 7.96. The van der Waals surface area contributed by atoms with Gasteiger partial charge in [0.1, 0.15) is 0 Å². The first kappa shape index (κ1) is 29.7. The van der Waals surface area contributed by atoms with Crippen molar-refractivity contribution in [2.75, 3.05) is 4.90 Å². The molecule has 0 radical (unpaired) electrons. The van der Waals surface area contributed by atoms with Crippen molar-refractivity contribution in [2.24, 2.45) is 0 Å². The molecule has 45 heavy (non-hydrogen) atoms. The van der Waals surface area contributed by atoms with Crippen LogP contribution in [0.15, 0.2) is 146 Å². The van der Waals surface area contributed by atoms with Crippen molar-refractivity contribution in [3.05, 3.63) is 196 Å². The highest BCUT2D eigenvalue weighted by Gasteiger charge is 2.12. The molecule has 220 valence electrons. The van der Waals surface area contributed by atoms with Crippen LogP contribution in [0.3, 0.4) is 0 Å². The second-order valence-electron chi connectivity index (χ2n) is 11.8. The van der Waals surface area contributed by atoms with Gasteiger partial charge in [0, 0.05) is 17.1 Å². The fourth-order valence-corrected chi connectivity index (χ4v) is 5.36. The molecule has 0 N–H and O–H groups in total. The fourth-order valence-electron chi connectivity index (χ4n) is 5.36. The summed E-state index contributed by atoms with van der Waals surface area (Å²) >= 11 is 0. The normalized spacial score (nSPS) is 11.4. The van der Waals surface area contributed by atoms with Crippen molar-refractivity contribution >= 4 is 41.4 Å². The highest BCUT2D eigenvalue weighted by atomic mass is 15.1. The SMILES string of the molecule is Cc1ccc(Cc2ccc(/C=C/c3ccc(/C=C/c4ccc(N(c5ccc(C)cc5)c5ccc(C)cc5)cc4)cc3)cc2)cc1. The summed E-state index contributed by atoms with van der Waals surface area (Å²) in [6.07, 6.45) is 9.66. The minimum Gasteiger partial charge on any atom is -0.311 e. The Hall–Kier alpha value is -5.40. The van der Waals surface area contributed by atoms with Crippen molar-refractivity contribution in [2.45, 2.75) is 27.2 Å². The van der Waals surface area contributed by atoms with Gasteiger partial charge >= 0.3 is 0 Å². The van der Waals surface area contributed by atoms with Crippen LogP contribution in [0.5, 0.6) is 0 Å². The summed E-state index contributed by atoms with van der Waals surface area (Å²) in [6, 6.07) is 52.5. The Bertz CT molecular complexity index is 1830. The highest BCUT2D eigenvalue weighted by Crippen LogP contribution is 2.35. The summed E-state index contributed by atoms with van der Waals surface area (Å²) in [4.78, 5) is 2.30. The van der Waals surface area contributed by atoms with Gasteiger partial charge in [-0.3, -0.25) is 0 Å². The number of hydrogen-bond acceptors (Lipinski definition) is 1. The van der Waals surface area contributed by atoms with Gasteiger partial charge in [0.25, 0.3) is 0 Å². The summed E-state index contributed by atoms with van der Waals surface area (Å²) in [5.41, 5.74) is 14.7. The van der Waals surface area contributed by atoms with E-state index >= 15 is 0 Å². The van der Waals surface area contributed by atoms with E-state index in [2.05, 4.69) is 196 Å². The van der Waals surface area contributed by atoms with Crippen LogP contribution in [0.2, 0.25) is 0 Å². The van der Waals surface area contributed by atoms with Crippen molar-refractivity contribution in [3.8, 4) is 0 Å². The van der Waals surface area contributed by atoms with Gasteiger partial charge in [0.2, 0.25) is 0 Å². The molecule has 6 rings (SSSR count). The van der Waals surface area contributed by atoms with E-state index in [4.69, 9.17) is 0 Å². The van der Waals surface area contributed by atoms with Crippen molar-refractivity contribution < 1.29 is 0 Å². The van der Waals surface area contributed by atoms with Crippen LogP contribution in [-0.4, -0.2) is 0 Å². The zero-order valence-corrected chi connectivity index (χ0v) is 26.3. The van der Waals surface area contributed by atoms with Gasteiger partial charge in [0.15, 0.2) is 0 Å². The number of rotatable bonds is 9. The Morgan fingerprint density at radius 2 is 0.578 bits per heavy atom. The summed E-state index contributed by atoms with van der Waals surface area (Å²) in [5.74, 6) is 0. The van der Waals surface area contributed by atoms with E-state index in [1.165, 1.54) is 50.1 Å². The summed E-state index contributed by atoms with van der Waals surface area (Å²) in [6.45, 7) is 6.38. The lowest BCUT2D eigenvalue weighted by Crippen LogP contribution is -2.09. The van der Waals surface area contributed by atoms with Gasteiger partial charge < -0.3 is 4.90 Å².